The number of nitrogens with one attached hydrogen (secondary N) is 2. The summed E-state index contributed by atoms with van der Waals surface area (Å²) >= 11 is 0. The Balaban J connectivity index is 1.69. The quantitative estimate of drug-likeness (QED) is 0.0572. The molecule has 10 unspecified atom stereocenters. The van der Waals surface area contributed by atoms with E-state index in [1.54, 1.807) is 26.4 Å². The topological polar surface area (TPSA) is 201 Å². The number of nitrogens with zero attached hydrogens (tertiary/aromatic N) is 2. The van der Waals surface area contributed by atoms with E-state index in [9.17, 15) is 33.9 Å². The second kappa shape index (κ2) is 29.5. The normalized spacial score (nSPS) is 17.9. The van der Waals surface area contributed by atoms with E-state index >= 15 is 0 Å². The van der Waals surface area contributed by atoms with Gasteiger partial charge >= 0.3 is 11.9 Å². The zero-order valence-electron chi connectivity index (χ0n) is 43.3. The molecule has 10 atom stereocenters. The molecule has 1 fully saturated rings. The first-order chi connectivity index (χ1) is 32.7. The van der Waals surface area contributed by atoms with Crippen LogP contribution in [0.2, 0.25) is 0 Å². The van der Waals surface area contributed by atoms with Gasteiger partial charge in [-0.2, -0.15) is 0 Å². The summed E-state index contributed by atoms with van der Waals surface area (Å²) in [4.78, 5) is 82.5. The molecule has 15 heteroatoms. The van der Waals surface area contributed by atoms with Crippen LogP contribution in [-0.2, 0) is 51.2 Å². The Bertz CT molecular complexity index is 1910. The maximum atomic E-state index is 14.4. The number of carboxylic acids is 2. The lowest BCUT2D eigenvalue weighted by Gasteiger charge is -2.36. The van der Waals surface area contributed by atoms with E-state index in [4.69, 9.17) is 19.3 Å². The van der Waals surface area contributed by atoms with Gasteiger partial charge in [0.05, 0.1) is 67.5 Å². The summed E-state index contributed by atoms with van der Waals surface area (Å²) in [5.74, 6) is -3.52. The van der Waals surface area contributed by atoms with Crippen molar-refractivity contribution in [2.75, 3.05) is 41.0 Å². The van der Waals surface area contributed by atoms with Gasteiger partial charge in [-0.15, -0.1) is 0 Å². The number of rotatable bonds is 32. The number of hydrogen-bond acceptors (Lipinski definition) is 10. The minimum atomic E-state index is -1.00. The predicted octanol–water partition coefficient (Wildman–Crippen LogP) is 7.29. The molecule has 4 N–H and O–H groups in total. The fourth-order valence-electron chi connectivity index (χ4n) is 9.90. The van der Waals surface area contributed by atoms with Crippen molar-refractivity contribution in [1.29, 1.82) is 0 Å². The Kier molecular flexibility index (Phi) is 25.0. The molecule has 2 aromatic rings. The van der Waals surface area contributed by atoms with Crippen LogP contribution in [0.1, 0.15) is 128 Å². The molecular formula is C54H84N4O11. The fourth-order valence-corrected chi connectivity index (χ4v) is 9.90. The average molecular weight is 965 g/mol. The van der Waals surface area contributed by atoms with Gasteiger partial charge in [-0.1, -0.05) is 104 Å². The zero-order chi connectivity index (χ0) is 51.4. The average Bonchev–Trinajstić information content (AvgIpc) is 3.80. The standard InChI is InChI=1S/C54H84N4O11/c1-12-36(6)43(27-22-37(7)50(62)48(34(2)3)56-53(64)49(35(4)5)57(9)28-17-21-47(60)61)45(67-10)31-46(59)58-29-16-20-44(58)51(68-11)38(8)52(63)55-42(30-39-18-14-13-15-19-39)33-69-32-40-23-25-41(26-24-40)54(65)66/h13-15,18-19,23-26,34-38,42-45,48-49,51H,12,16-17,20-22,27-33H2,1-11H3,(H,55,63)(H,56,64)(H,60,61)(H,65,66). The van der Waals surface area contributed by atoms with Gasteiger partial charge in [0.15, 0.2) is 5.78 Å². The summed E-state index contributed by atoms with van der Waals surface area (Å²) in [5, 5.41) is 24.6. The van der Waals surface area contributed by atoms with Crippen LogP contribution in [0.15, 0.2) is 54.6 Å². The molecule has 0 aromatic heterocycles. The number of Topliss-reactive ketones (excluding diaryl/α,β-unsaturated/α-hetero) is 1. The minimum Gasteiger partial charge on any atom is -0.481 e. The van der Waals surface area contributed by atoms with E-state index in [0.717, 1.165) is 24.0 Å². The summed E-state index contributed by atoms with van der Waals surface area (Å²) in [7, 11) is 5.02. The summed E-state index contributed by atoms with van der Waals surface area (Å²) in [6.45, 7) is 17.1. The van der Waals surface area contributed by atoms with Crippen LogP contribution in [0.5, 0.6) is 0 Å². The van der Waals surface area contributed by atoms with E-state index in [0.29, 0.717) is 45.2 Å². The Labute approximate surface area is 411 Å². The number of benzene rings is 2. The number of carbonyl (C=O) groups excluding carboxylic acids is 4. The highest BCUT2D eigenvalue weighted by Crippen LogP contribution is 2.33. The molecule has 386 valence electrons. The van der Waals surface area contributed by atoms with Gasteiger partial charge in [0.2, 0.25) is 17.7 Å². The molecule has 1 aliphatic rings. The minimum absolute atomic E-state index is 0.0118. The molecule has 15 nitrogen and oxygen atoms in total. The maximum Gasteiger partial charge on any atom is 0.335 e. The number of carboxylic acid groups (broad SMARTS) is 2. The second-order valence-corrected chi connectivity index (χ2v) is 20.0. The summed E-state index contributed by atoms with van der Waals surface area (Å²) in [5.41, 5.74) is 2.03. The van der Waals surface area contributed by atoms with Crippen molar-refractivity contribution >= 4 is 35.4 Å². The lowest BCUT2D eigenvalue weighted by molar-refractivity contribution is -0.143. The van der Waals surface area contributed by atoms with E-state index in [1.165, 1.54) is 12.1 Å². The van der Waals surface area contributed by atoms with Gasteiger partial charge in [0.1, 0.15) is 0 Å². The Hall–Kier alpha value is -4.70. The van der Waals surface area contributed by atoms with Gasteiger partial charge in [-0.05, 0) is 99.0 Å². The molecule has 1 saturated heterocycles. The lowest BCUT2D eigenvalue weighted by atomic mass is 9.79. The van der Waals surface area contributed by atoms with Crippen molar-refractivity contribution in [2.24, 2.45) is 35.5 Å². The number of carbonyl (C=O) groups is 6. The van der Waals surface area contributed by atoms with E-state index < -0.39 is 42.1 Å². The summed E-state index contributed by atoms with van der Waals surface area (Å²) in [6.07, 6.45) is 3.56. The summed E-state index contributed by atoms with van der Waals surface area (Å²) < 4.78 is 18.3. The molecule has 0 bridgehead atoms. The van der Waals surface area contributed by atoms with Crippen LogP contribution in [0, 0.1) is 35.5 Å². The van der Waals surface area contributed by atoms with Crippen molar-refractivity contribution in [2.45, 2.75) is 156 Å². The number of ether oxygens (including phenoxy) is 3. The van der Waals surface area contributed by atoms with Crippen LogP contribution >= 0.6 is 0 Å². The van der Waals surface area contributed by atoms with Gasteiger partial charge in [0.25, 0.3) is 0 Å². The van der Waals surface area contributed by atoms with Crippen molar-refractivity contribution < 1.29 is 53.2 Å². The number of likely N-dealkylation sites (N-methyl/N-ethyl adjacent to an activating group) is 1. The number of hydrogen-bond donors (Lipinski definition) is 4. The van der Waals surface area contributed by atoms with Crippen molar-refractivity contribution in [3.05, 3.63) is 71.3 Å². The molecule has 2 aromatic carbocycles. The molecular weight excluding hydrogens is 881 g/mol. The third-order valence-corrected chi connectivity index (χ3v) is 14.1. The van der Waals surface area contributed by atoms with Crippen LogP contribution in [0.25, 0.3) is 0 Å². The van der Waals surface area contributed by atoms with Crippen molar-refractivity contribution in [3.63, 3.8) is 0 Å². The molecule has 69 heavy (non-hydrogen) atoms. The fraction of sp³-hybridized carbons (Fsp3) is 0.667. The molecule has 0 spiro atoms. The van der Waals surface area contributed by atoms with Gasteiger partial charge < -0.3 is 40.0 Å². The largest absolute Gasteiger partial charge is 0.481 e. The number of methoxy groups -OCH3 is 2. The highest BCUT2D eigenvalue weighted by atomic mass is 16.5. The number of aliphatic carboxylic acids is 1. The van der Waals surface area contributed by atoms with E-state index in [2.05, 4.69) is 24.5 Å². The molecule has 1 aliphatic heterocycles. The van der Waals surface area contributed by atoms with Crippen molar-refractivity contribution in [3.8, 4) is 0 Å². The van der Waals surface area contributed by atoms with E-state index in [-0.39, 0.29) is 96.8 Å². The Morgan fingerprint density at radius 3 is 2.06 bits per heavy atom. The first-order valence-electron chi connectivity index (χ1n) is 25.1. The molecule has 1 heterocycles. The molecule has 3 rings (SSSR count). The van der Waals surface area contributed by atoms with Crippen LogP contribution < -0.4 is 10.6 Å². The van der Waals surface area contributed by atoms with Gasteiger partial charge in [-0.25, -0.2) is 4.79 Å². The number of aromatic carboxylic acids is 1. The third-order valence-electron chi connectivity index (χ3n) is 14.1. The SMILES string of the molecule is CCC(C)C(CCC(C)C(=O)C(NC(=O)C(C(C)C)N(C)CCCC(=O)O)C(C)C)C(CC(=O)N1CCCC1C(OC)C(C)C(=O)NC(COCc1ccc(C(=O)O)cc1)Cc1ccccc1)OC. The summed E-state index contributed by atoms with van der Waals surface area (Å²) in [6, 6.07) is 14.4. The highest BCUT2D eigenvalue weighted by Gasteiger charge is 2.42. The van der Waals surface area contributed by atoms with E-state index in [1.807, 2.05) is 88.7 Å². The van der Waals surface area contributed by atoms with Gasteiger partial charge in [-0.3, -0.25) is 28.9 Å². The monoisotopic (exact) mass is 965 g/mol. The number of ketones is 1. The smallest absolute Gasteiger partial charge is 0.335 e. The van der Waals surface area contributed by atoms with Crippen LogP contribution in [0.4, 0.5) is 0 Å². The molecule has 0 aliphatic carbocycles. The van der Waals surface area contributed by atoms with Crippen LogP contribution in [-0.4, -0.2) is 133 Å². The first-order valence-corrected chi connectivity index (χ1v) is 25.1. The predicted molar refractivity (Wildman–Crippen MR) is 266 cm³/mol. The third kappa shape index (κ3) is 18.2. The Morgan fingerprint density at radius 1 is 0.826 bits per heavy atom. The zero-order valence-corrected chi connectivity index (χ0v) is 43.3. The second-order valence-electron chi connectivity index (χ2n) is 20.0. The lowest BCUT2D eigenvalue weighted by Crippen LogP contribution is -2.55. The molecule has 0 saturated carbocycles. The molecule has 3 amide bonds. The highest BCUT2D eigenvalue weighted by molar-refractivity contribution is 5.92. The van der Waals surface area contributed by atoms with Crippen LogP contribution in [0.3, 0.4) is 0 Å². The number of amides is 3. The number of likely N-dealkylation sites (tertiary alicyclic amines) is 1. The molecule has 0 radical (unpaired) electrons. The first kappa shape index (κ1) is 58.6. The van der Waals surface area contributed by atoms with Crippen molar-refractivity contribution in [1.82, 2.24) is 20.4 Å². The Morgan fingerprint density at radius 2 is 1.49 bits per heavy atom. The van der Waals surface area contributed by atoms with Gasteiger partial charge in [0, 0.05) is 33.1 Å². The maximum absolute atomic E-state index is 14.4.